The zero-order chi connectivity index (χ0) is 26.3. The number of hydrogen-bond acceptors (Lipinski definition) is 6. The number of amides is 2. The quantitative estimate of drug-likeness (QED) is 0.337. The van der Waals surface area contributed by atoms with Gasteiger partial charge in [-0.2, -0.15) is 0 Å². The Kier molecular flexibility index (Phi) is 10.2. The lowest BCUT2D eigenvalue weighted by molar-refractivity contribution is 0.190. The third kappa shape index (κ3) is 9.13. The summed E-state index contributed by atoms with van der Waals surface area (Å²) in [5.41, 5.74) is 2.37. The van der Waals surface area contributed by atoms with Crippen LogP contribution in [-0.2, 0) is 16.6 Å². The van der Waals surface area contributed by atoms with Gasteiger partial charge in [0.15, 0.2) is 0 Å². The average molecular weight is 561 g/mol. The van der Waals surface area contributed by atoms with Gasteiger partial charge in [0.1, 0.15) is 17.2 Å². The number of piperidine rings is 1. The molecule has 4 rings (SSSR count). The molecule has 9 nitrogen and oxygen atoms in total. The van der Waals surface area contributed by atoms with E-state index in [9.17, 15) is 13.2 Å². The van der Waals surface area contributed by atoms with Gasteiger partial charge in [-0.3, -0.25) is 9.62 Å². The van der Waals surface area contributed by atoms with Gasteiger partial charge in [0.2, 0.25) is 10.0 Å². The first kappa shape index (κ1) is 29.1. The van der Waals surface area contributed by atoms with Crippen molar-refractivity contribution >= 4 is 39.8 Å². The molecule has 3 aromatic rings. The highest BCUT2D eigenvalue weighted by molar-refractivity contribution is 7.92. The molecule has 0 aliphatic carbocycles. The maximum absolute atomic E-state index is 12.4. The smallest absolute Gasteiger partial charge is 0.319 e. The fourth-order valence-electron chi connectivity index (χ4n) is 4.15. The monoisotopic (exact) mass is 560 g/mol. The molecule has 3 aromatic carbocycles. The maximum atomic E-state index is 12.4. The minimum absolute atomic E-state index is 0. The minimum Gasteiger partial charge on any atom is -0.497 e. The van der Waals surface area contributed by atoms with Crippen LogP contribution in [0.15, 0.2) is 72.8 Å². The van der Waals surface area contributed by atoms with Gasteiger partial charge < -0.3 is 20.1 Å². The number of likely N-dealkylation sites (tertiary alicyclic amines) is 1. The lowest BCUT2D eigenvalue weighted by Gasteiger charge is -2.32. The first-order chi connectivity index (χ1) is 17.8. The van der Waals surface area contributed by atoms with E-state index in [1.807, 2.05) is 42.5 Å². The molecule has 1 saturated heterocycles. The Labute approximate surface area is 230 Å². The van der Waals surface area contributed by atoms with Crippen molar-refractivity contribution in [2.45, 2.75) is 25.4 Å². The van der Waals surface area contributed by atoms with Gasteiger partial charge in [-0.25, -0.2) is 13.2 Å². The van der Waals surface area contributed by atoms with E-state index in [0.717, 1.165) is 38.7 Å². The van der Waals surface area contributed by atoms with E-state index in [1.165, 1.54) is 5.56 Å². The third-order valence-corrected chi connectivity index (χ3v) is 6.58. The Morgan fingerprint density at radius 1 is 0.921 bits per heavy atom. The van der Waals surface area contributed by atoms with E-state index >= 15 is 0 Å². The summed E-state index contributed by atoms with van der Waals surface area (Å²) in [4.78, 5) is 14.7. The molecule has 1 aliphatic rings. The first-order valence-electron chi connectivity index (χ1n) is 12.0. The molecule has 0 spiro atoms. The largest absolute Gasteiger partial charge is 0.497 e. The van der Waals surface area contributed by atoms with Gasteiger partial charge in [-0.1, -0.05) is 18.2 Å². The number of nitrogens with one attached hydrogen (secondary N) is 3. The van der Waals surface area contributed by atoms with Crippen LogP contribution >= 0.6 is 12.4 Å². The number of urea groups is 1. The van der Waals surface area contributed by atoms with E-state index in [0.29, 0.717) is 28.6 Å². The summed E-state index contributed by atoms with van der Waals surface area (Å²) in [6.45, 7) is 2.63. The highest BCUT2D eigenvalue weighted by Crippen LogP contribution is 2.24. The minimum atomic E-state index is -3.31. The summed E-state index contributed by atoms with van der Waals surface area (Å²) in [5.74, 6) is 2.03. The molecule has 0 atom stereocenters. The van der Waals surface area contributed by atoms with Crippen molar-refractivity contribution in [1.82, 2.24) is 10.2 Å². The van der Waals surface area contributed by atoms with Gasteiger partial charge in [0, 0.05) is 43.1 Å². The van der Waals surface area contributed by atoms with Gasteiger partial charge in [-0.05, 0) is 66.9 Å². The third-order valence-electron chi connectivity index (χ3n) is 5.97. The normalized spacial score (nSPS) is 14.2. The number of nitrogens with zero attached hydrogens (tertiary/aromatic N) is 1. The molecule has 1 heterocycles. The van der Waals surface area contributed by atoms with Crippen LogP contribution in [0.1, 0.15) is 18.4 Å². The fraction of sp³-hybridized carbons (Fsp3) is 0.296. The second-order valence-corrected chi connectivity index (χ2v) is 10.8. The molecule has 0 unspecified atom stereocenters. The van der Waals surface area contributed by atoms with Crippen LogP contribution < -0.4 is 24.8 Å². The number of anilines is 2. The van der Waals surface area contributed by atoms with E-state index in [2.05, 4.69) is 20.3 Å². The van der Waals surface area contributed by atoms with Gasteiger partial charge in [0.05, 0.1) is 13.4 Å². The van der Waals surface area contributed by atoms with Crippen molar-refractivity contribution < 1.29 is 22.7 Å². The predicted molar refractivity (Wildman–Crippen MR) is 152 cm³/mol. The average Bonchev–Trinajstić information content (AvgIpc) is 2.87. The number of carbonyl (C=O) groups excluding carboxylic acids is 1. The number of benzene rings is 3. The Bertz CT molecular complexity index is 1300. The van der Waals surface area contributed by atoms with Crippen LogP contribution in [0.3, 0.4) is 0 Å². The Hall–Kier alpha value is -3.47. The summed E-state index contributed by atoms with van der Waals surface area (Å²) in [6.07, 6.45) is 2.88. The zero-order valence-electron chi connectivity index (χ0n) is 21.3. The van der Waals surface area contributed by atoms with Gasteiger partial charge >= 0.3 is 6.03 Å². The molecule has 204 valence electrons. The Balaban J connectivity index is 0.00000400. The molecule has 1 aliphatic heterocycles. The van der Waals surface area contributed by atoms with Crippen LogP contribution in [-0.4, -0.2) is 51.8 Å². The van der Waals surface area contributed by atoms with Crippen molar-refractivity contribution in [3.05, 3.63) is 78.4 Å². The molecule has 11 heteroatoms. The molecule has 38 heavy (non-hydrogen) atoms. The molecule has 0 bridgehead atoms. The molecule has 0 radical (unpaired) electrons. The van der Waals surface area contributed by atoms with E-state index in [1.54, 1.807) is 37.4 Å². The molecule has 0 aromatic heterocycles. The van der Waals surface area contributed by atoms with Gasteiger partial charge in [-0.15, -0.1) is 12.4 Å². The van der Waals surface area contributed by atoms with Crippen LogP contribution in [0.4, 0.5) is 16.2 Å². The van der Waals surface area contributed by atoms with Crippen molar-refractivity contribution in [2.24, 2.45) is 0 Å². The number of rotatable bonds is 9. The fourth-order valence-corrected chi connectivity index (χ4v) is 4.72. The standard InChI is InChI=1S/C27H32N4O5S.ClH/c1-35-26-5-3-4-23(18-26)29-27(32)28-21-14-16-31(17-15-21)19-20-6-10-24(11-7-20)36-25-12-8-22(9-13-25)30-37(2,33)34;/h3-13,18,21,30H,14-17,19H2,1-2H3,(H2,28,29,32);1H. The topological polar surface area (TPSA) is 109 Å². The summed E-state index contributed by atoms with van der Waals surface area (Å²) in [7, 11) is -1.71. The SMILES string of the molecule is COc1cccc(NC(=O)NC2CCN(Cc3ccc(Oc4ccc(NS(C)(=O)=O)cc4)cc3)CC2)c1.Cl. The Morgan fingerprint density at radius 3 is 2.16 bits per heavy atom. The van der Waals surface area contributed by atoms with E-state index in [4.69, 9.17) is 9.47 Å². The van der Waals surface area contributed by atoms with E-state index < -0.39 is 10.0 Å². The van der Waals surface area contributed by atoms with Crippen molar-refractivity contribution in [2.75, 3.05) is 36.5 Å². The van der Waals surface area contributed by atoms with Crippen molar-refractivity contribution in [3.8, 4) is 17.2 Å². The lowest BCUT2D eigenvalue weighted by Crippen LogP contribution is -2.45. The molecular weight excluding hydrogens is 528 g/mol. The number of halogens is 1. The molecular formula is C27H33ClN4O5S. The van der Waals surface area contributed by atoms with Crippen LogP contribution in [0.5, 0.6) is 17.2 Å². The summed E-state index contributed by atoms with van der Waals surface area (Å²) in [6, 6.07) is 21.9. The number of carbonyl (C=O) groups is 1. The van der Waals surface area contributed by atoms with E-state index in [-0.39, 0.29) is 24.5 Å². The first-order valence-corrected chi connectivity index (χ1v) is 13.9. The summed E-state index contributed by atoms with van der Waals surface area (Å²) in [5, 5.41) is 5.93. The molecule has 0 saturated carbocycles. The number of sulfonamides is 1. The van der Waals surface area contributed by atoms with Crippen molar-refractivity contribution in [1.29, 1.82) is 0 Å². The molecule has 1 fully saturated rings. The van der Waals surface area contributed by atoms with Crippen LogP contribution in [0.2, 0.25) is 0 Å². The van der Waals surface area contributed by atoms with Crippen LogP contribution in [0.25, 0.3) is 0 Å². The van der Waals surface area contributed by atoms with Crippen LogP contribution in [0, 0.1) is 0 Å². The highest BCUT2D eigenvalue weighted by Gasteiger charge is 2.21. The number of methoxy groups -OCH3 is 1. The second kappa shape index (κ2) is 13.4. The lowest BCUT2D eigenvalue weighted by atomic mass is 10.0. The maximum Gasteiger partial charge on any atom is 0.319 e. The number of hydrogen-bond donors (Lipinski definition) is 3. The zero-order valence-corrected chi connectivity index (χ0v) is 23.0. The predicted octanol–water partition coefficient (Wildman–Crippen LogP) is 5.07. The molecule has 2 amide bonds. The summed E-state index contributed by atoms with van der Waals surface area (Å²) < 4.78 is 36.1. The second-order valence-electron chi connectivity index (χ2n) is 9.03. The van der Waals surface area contributed by atoms with Crippen molar-refractivity contribution in [3.63, 3.8) is 0 Å². The number of ether oxygens (including phenoxy) is 2. The van der Waals surface area contributed by atoms with Gasteiger partial charge in [0.25, 0.3) is 0 Å². The molecule has 3 N–H and O–H groups in total. The highest BCUT2D eigenvalue weighted by atomic mass is 35.5. The summed E-state index contributed by atoms with van der Waals surface area (Å²) >= 11 is 0. The Morgan fingerprint density at radius 2 is 1.55 bits per heavy atom.